The number of carbonyl (C=O) groups excluding carboxylic acids is 1. The molecule has 1 N–H and O–H groups in total. The average Bonchev–Trinajstić information content (AvgIpc) is 2.60. The van der Waals surface area contributed by atoms with Crippen molar-refractivity contribution in [1.82, 2.24) is 14.9 Å². The Hall–Kier alpha value is -2.43. The van der Waals surface area contributed by atoms with Crippen LogP contribution in [-0.4, -0.2) is 33.9 Å². The third-order valence-corrected chi connectivity index (χ3v) is 4.50. The molecule has 0 atom stereocenters. The van der Waals surface area contributed by atoms with Crippen LogP contribution in [0.15, 0.2) is 30.3 Å². The first kappa shape index (κ1) is 17.4. The zero-order valence-corrected chi connectivity index (χ0v) is 15.2. The molecule has 5 nitrogen and oxygen atoms in total. The van der Waals surface area contributed by atoms with E-state index in [0.29, 0.717) is 24.1 Å². The number of fused-ring (bicyclic) bond motifs is 1. The minimum Gasteiger partial charge on any atom is -0.354 e. The Kier molecular flexibility index (Phi) is 5.31. The molecule has 1 aromatic heterocycles. The van der Waals surface area contributed by atoms with Gasteiger partial charge in [0, 0.05) is 25.3 Å². The van der Waals surface area contributed by atoms with Crippen molar-refractivity contribution in [3.05, 3.63) is 52.8 Å². The van der Waals surface area contributed by atoms with Crippen molar-refractivity contribution in [1.29, 1.82) is 0 Å². The molecule has 0 saturated heterocycles. The predicted octanol–water partition coefficient (Wildman–Crippen LogP) is 3.44. The molecule has 3 rings (SSSR count). The number of nitrogens with zero attached hydrogens (tertiary/aromatic N) is 3. The number of hydrogen-bond donors (Lipinski definition) is 1. The highest BCUT2D eigenvalue weighted by atomic mass is 16.2. The molecule has 0 aliphatic carbocycles. The second-order valence-electron chi connectivity index (χ2n) is 7.07. The number of amides is 1. The van der Waals surface area contributed by atoms with Crippen LogP contribution in [-0.2, 0) is 13.0 Å². The van der Waals surface area contributed by atoms with Crippen LogP contribution in [0.4, 0.5) is 5.95 Å². The van der Waals surface area contributed by atoms with Crippen LogP contribution in [0.3, 0.4) is 0 Å². The zero-order chi connectivity index (χ0) is 17.8. The molecule has 0 saturated carbocycles. The number of aryl methyl sites for hydroxylation is 1. The summed E-state index contributed by atoms with van der Waals surface area (Å²) in [7, 11) is 0. The van der Waals surface area contributed by atoms with Crippen molar-refractivity contribution in [2.75, 3.05) is 18.4 Å². The van der Waals surface area contributed by atoms with Crippen molar-refractivity contribution in [2.45, 2.75) is 40.2 Å². The van der Waals surface area contributed by atoms with Gasteiger partial charge in [-0.05, 0) is 42.9 Å². The number of aromatic nitrogens is 2. The lowest BCUT2D eigenvalue weighted by Gasteiger charge is -2.28. The lowest BCUT2D eigenvalue weighted by molar-refractivity contribution is 0.0728. The zero-order valence-electron chi connectivity index (χ0n) is 15.2. The quantitative estimate of drug-likeness (QED) is 0.907. The second kappa shape index (κ2) is 7.64. The van der Waals surface area contributed by atoms with Crippen LogP contribution in [0, 0.1) is 12.8 Å². The highest BCUT2D eigenvalue weighted by Crippen LogP contribution is 2.20. The van der Waals surface area contributed by atoms with E-state index in [0.717, 1.165) is 31.6 Å². The number of nitrogens with one attached hydrogen (secondary N) is 1. The van der Waals surface area contributed by atoms with Crippen LogP contribution in [0.5, 0.6) is 0 Å². The molecule has 5 heteroatoms. The number of carbonyl (C=O) groups is 1. The molecular weight excluding hydrogens is 312 g/mol. The van der Waals surface area contributed by atoms with E-state index in [4.69, 9.17) is 0 Å². The van der Waals surface area contributed by atoms with Gasteiger partial charge in [0.15, 0.2) is 0 Å². The van der Waals surface area contributed by atoms with Gasteiger partial charge in [-0.15, -0.1) is 0 Å². The summed E-state index contributed by atoms with van der Waals surface area (Å²) in [6, 6.07) is 10.1. The summed E-state index contributed by atoms with van der Waals surface area (Å²) >= 11 is 0. The molecule has 0 bridgehead atoms. The van der Waals surface area contributed by atoms with Crippen molar-refractivity contribution in [3.63, 3.8) is 0 Å². The van der Waals surface area contributed by atoms with Crippen LogP contribution in [0.25, 0.3) is 0 Å². The van der Waals surface area contributed by atoms with Crippen molar-refractivity contribution in [3.8, 4) is 0 Å². The fraction of sp³-hybridized carbons (Fsp3) is 0.450. The van der Waals surface area contributed by atoms with Gasteiger partial charge in [0.05, 0.1) is 0 Å². The number of anilines is 1. The molecule has 0 radical (unpaired) electrons. The van der Waals surface area contributed by atoms with Gasteiger partial charge in [0.1, 0.15) is 5.69 Å². The number of benzene rings is 1. The van der Waals surface area contributed by atoms with Crippen molar-refractivity contribution in [2.24, 2.45) is 5.92 Å². The molecule has 2 heterocycles. The summed E-state index contributed by atoms with van der Waals surface area (Å²) < 4.78 is 0. The Morgan fingerprint density at radius 3 is 2.76 bits per heavy atom. The molecule has 1 amide bonds. The predicted molar refractivity (Wildman–Crippen MR) is 99.6 cm³/mol. The summed E-state index contributed by atoms with van der Waals surface area (Å²) in [5, 5.41) is 3.24. The molecule has 0 spiro atoms. The van der Waals surface area contributed by atoms with Gasteiger partial charge < -0.3 is 10.2 Å². The third kappa shape index (κ3) is 4.35. The Balaban J connectivity index is 1.73. The normalized spacial score (nSPS) is 13.7. The van der Waals surface area contributed by atoms with Gasteiger partial charge in [-0.3, -0.25) is 4.79 Å². The molecular formula is C20H26N4O. The van der Waals surface area contributed by atoms with E-state index in [-0.39, 0.29) is 5.91 Å². The van der Waals surface area contributed by atoms with Crippen molar-refractivity contribution < 1.29 is 4.79 Å². The molecule has 132 valence electrons. The first-order valence-electron chi connectivity index (χ1n) is 8.98. The van der Waals surface area contributed by atoms with E-state index in [1.165, 1.54) is 11.1 Å². The number of hydrogen-bond acceptors (Lipinski definition) is 4. The molecule has 2 aromatic rings. The Bertz CT molecular complexity index is 757. The monoisotopic (exact) mass is 338 g/mol. The molecule has 25 heavy (non-hydrogen) atoms. The standard InChI is InChI=1S/C20H26N4O/c1-14(2)8-10-21-20-22-15(3)12-18(23-20)19(25)24-11-9-16-6-4-5-7-17(16)13-24/h4-7,12,14H,8-11,13H2,1-3H3,(H,21,22,23). The van der Waals surface area contributed by atoms with E-state index in [1.807, 2.05) is 17.9 Å². The largest absolute Gasteiger partial charge is 0.354 e. The summed E-state index contributed by atoms with van der Waals surface area (Å²) in [6.07, 6.45) is 1.94. The van der Waals surface area contributed by atoms with Gasteiger partial charge in [-0.2, -0.15) is 0 Å². The lowest BCUT2D eigenvalue weighted by Crippen LogP contribution is -2.36. The average molecular weight is 338 g/mol. The summed E-state index contributed by atoms with van der Waals surface area (Å²) in [5.41, 5.74) is 3.84. The highest BCUT2D eigenvalue weighted by molar-refractivity contribution is 5.92. The maximum atomic E-state index is 12.9. The molecule has 1 aliphatic rings. The van der Waals surface area contributed by atoms with Gasteiger partial charge in [0.25, 0.3) is 5.91 Å². The van der Waals surface area contributed by atoms with E-state index in [9.17, 15) is 4.79 Å². The molecule has 0 fully saturated rings. The summed E-state index contributed by atoms with van der Waals surface area (Å²) in [6.45, 7) is 8.45. The maximum Gasteiger partial charge on any atom is 0.272 e. The van der Waals surface area contributed by atoms with Gasteiger partial charge >= 0.3 is 0 Å². The van der Waals surface area contributed by atoms with E-state index >= 15 is 0 Å². The van der Waals surface area contributed by atoms with Crippen LogP contribution in [0.2, 0.25) is 0 Å². The van der Waals surface area contributed by atoms with E-state index in [1.54, 1.807) is 6.07 Å². The second-order valence-corrected chi connectivity index (χ2v) is 7.07. The summed E-state index contributed by atoms with van der Waals surface area (Å²) in [4.78, 5) is 23.6. The van der Waals surface area contributed by atoms with Gasteiger partial charge in [-0.25, -0.2) is 9.97 Å². The van der Waals surface area contributed by atoms with Crippen molar-refractivity contribution >= 4 is 11.9 Å². The maximum absolute atomic E-state index is 12.9. The van der Waals surface area contributed by atoms with Crippen LogP contribution >= 0.6 is 0 Å². The number of rotatable bonds is 5. The van der Waals surface area contributed by atoms with Crippen LogP contribution in [0.1, 0.15) is 47.6 Å². The van der Waals surface area contributed by atoms with Crippen LogP contribution < -0.4 is 5.32 Å². The van der Waals surface area contributed by atoms with E-state index < -0.39 is 0 Å². The molecule has 1 aliphatic heterocycles. The fourth-order valence-corrected chi connectivity index (χ4v) is 3.06. The molecule has 0 unspecified atom stereocenters. The molecule has 1 aromatic carbocycles. The summed E-state index contributed by atoms with van der Waals surface area (Å²) in [5.74, 6) is 1.14. The van der Waals surface area contributed by atoms with Gasteiger partial charge in [-0.1, -0.05) is 38.1 Å². The topological polar surface area (TPSA) is 58.1 Å². The first-order chi connectivity index (χ1) is 12.0. The minimum atomic E-state index is -0.0214. The lowest BCUT2D eigenvalue weighted by atomic mass is 10.00. The Morgan fingerprint density at radius 2 is 2.00 bits per heavy atom. The Labute approximate surface area is 149 Å². The Morgan fingerprint density at radius 1 is 1.24 bits per heavy atom. The van der Waals surface area contributed by atoms with Gasteiger partial charge in [0.2, 0.25) is 5.95 Å². The fourth-order valence-electron chi connectivity index (χ4n) is 3.06. The van der Waals surface area contributed by atoms with E-state index in [2.05, 4.69) is 47.3 Å². The smallest absolute Gasteiger partial charge is 0.272 e. The minimum absolute atomic E-state index is 0.0214. The highest BCUT2D eigenvalue weighted by Gasteiger charge is 2.23. The SMILES string of the molecule is Cc1cc(C(=O)N2CCc3ccccc3C2)nc(NCCC(C)C)n1. The first-order valence-corrected chi connectivity index (χ1v) is 8.98. The third-order valence-electron chi connectivity index (χ3n) is 4.50.